The summed E-state index contributed by atoms with van der Waals surface area (Å²) in [6.45, 7) is 6.71. The summed E-state index contributed by atoms with van der Waals surface area (Å²) in [7, 11) is 1.53. The highest BCUT2D eigenvalue weighted by molar-refractivity contribution is 6.05. The molecule has 0 spiro atoms. The Balaban J connectivity index is 0.00000240. The molecule has 3 aromatic rings. The van der Waals surface area contributed by atoms with Gasteiger partial charge in [-0.2, -0.15) is 0 Å². The molecule has 1 unspecified atom stereocenters. The number of nitrogens with zero attached hydrogens (tertiary/aromatic N) is 5. The van der Waals surface area contributed by atoms with Crippen LogP contribution in [0.1, 0.15) is 23.0 Å². The van der Waals surface area contributed by atoms with E-state index in [9.17, 15) is 4.79 Å². The molecule has 1 fully saturated rings. The van der Waals surface area contributed by atoms with Crippen molar-refractivity contribution in [2.45, 2.75) is 19.9 Å². The third-order valence-electron chi connectivity index (χ3n) is 4.72. The number of pyridine rings is 1. The van der Waals surface area contributed by atoms with Crippen LogP contribution in [-0.2, 0) is 0 Å². The van der Waals surface area contributed by atoms with E-state index in [4.69, 9.17) is 4.74 Å². The lowest BCUT2D eigenvalue weighted by Crippen LogP contribution is -2.49. The Bertz CT molecular complexity index is 1010. The molecule has 0 saturated carbocycles. The van der Waals surface area contributed by atoms with Crippen LogP contribution in [0.25, 0.3) is 5.65 Å². The van der Waals surface area contributed by atoms with Crippen LogP contribution in [0, 0.1) is 6.92 Å². The number of aromatic nitrogens is 4. The Hall–Kier alpha value is -2.91. The molecule has 1 atom stereocenters. The highest BCUT2D eigenvalue weighted by Gasteiger charge is 2.19. The van der Waals surface area contributed by atoms with Gasteiger partial charge in [-0.25, -0.2) is 4.98 Å². The van der Waals surface area contributed by atoms with Crippen LogP contribution in [-0.4, -0.2) is 58.3 Å². The van der Waals surface area contributed by atoms with Crippen LogP contribution >= 0.6 is 12.4 Å². The molecule has 9 nitrogen and oxygen atoms in total. The lowest BCUT2D eigenvalue weighted by atomic mass is 10.2. The number of aryl methyl sites for hydroxylation is 1. The number of ether oxygens (including phenoxy) is 1. The molecular formula is C19H24ClN7O2. The third-order valence-corrected chi connectivity index (χ3v) is 4.72. The van der Waals surface area contributed by atoms with Gasteiger partial charge in [-0.3, -0.25) is 4.79 Å². The first-order valence-corrected chi connectivity index (χ1v) is 9.20. The standard InChI is InChI=1S/C19H23N7O2.ClH/c1-12-9-25(7-6-20-12)17-5-4-16(23-24-17)22-19(27)14-11-26-10-13(2)21-18(26)8-15(14)28-3;/h4-5,8,10-12,20H,6-7,9H2,1-3H3,(H,22,23,27);1H. The molecule has 1 amide bonds. The maximum Gasteiger partial charge on any atom is 0.262 e. The van der Waals surface area contributed by atoms with E-state index < -0.39 is 0 Å². The number of carbonyl (C=O) groups is 1. The van der Waals surface area contributed by atoms with Crippen molar-refractivity contribution in [2.24, 2.45) is 0 Å². The van der Waals surface area contributed by atoms with Gasteiger partial charge in [0.2, 0.25) is 0 Å². The zero-order chi connectivity index (χ0) is 19.7. The van der Waals surface area contributed by atoms with Crippen molar-refractivity contribution in [1.29, 1.82) is 0 Å². The van der Waals surface area contributed by atoms with Gasteiger partial charge in [0.25, 0.3) is 5.91 Å². The molecule has 1 saturated heterocycles. The Morgan fingerprint density at radius 2 is 2.14 bits per heavy atom. The van der Waals surface area contributed by atoms with E-state index in [0.29, 0.717) is 23.2 Å². The van der Waals surface area contributed by atoms with Crippen LogP contribution in [0.2, 0.25) is 0 Å². The summed E-state index contributed by atoms with van der Waals surface area (Å²) in [4.78, 5) is 19.3. The molecule has 0 aromatic carbocycles. The van der Waals surface area contributed by atoms with Gasteiger partial charge in [0, 0.05) is 44.1 Å². The number of piperazine rings is 1. The van der Waals surface area contributed by atoms with E-state index in [1.165, 1.54) is 7.11 Å². The minimum absolute atomic E-state index is 0. The lowest BCUT2D eigenvalue weighted by molar-refractivity contribution is 0.102. The van der Waals surface area contributed by atoms with Crippen LogP contribution < -0.4 is 20.3 Å². The maximum atomic E-state index is 12.8. The van der Waals surface area contributed by atoms with Crippen molar-refractivity contribution in [1.82, 2.24) is 24.9 Å². The number of methoxy groups -OCH3 is 1. The van der Waals surface area contributed by atoms with E-state index in [1.54, 1.807) is 22.7 Å². The van der Waals surface area contributed by atoms with Gasteiger partial charge in [-0.05, 0) is 26.0 Å². The second-order valence-corrected chi connectivity index (χ2v) is 6.94. The Morgan fingerprint density at radius 3 is 2.83 bits per heavy atom. The first-order chi connectivity index (χ1) is 13.5. The van der Waals surface area contributed by atoms with Crippen molar-refractivity contribution >= 4 is 35.6 Å². The number of amides is 1. The van der Waals surface area contributed by atoms with Crippen molar-refractivity contribution < 1.29 is 9.53 Å². The van der Waals surface area contributed by atoms with E-state index in [1.807, 2.05) is 19.2 Å². The molecule has 0 radical (unpaired) electrons. The smallest absolute Gasteiger partial charge is 0.262 e. The normalized spacial score (nSPS) is 16.4. The zero-order valence-electron chi connectivity index (χ0n) is 16.5. The third kappa shape index (κ3) is 4.41. The molecule has 1 aliphatic rings. The van der Waals surface area contributed by atoms with Crippen molar-refractivity contribution in [3.8, 4) is 5.75 Å². The number of nitrogens with one attached hydrogen (secondary N) is 2. The summed E-state index contributed by atoms with van der Waals surface area (Å²) in [5, 5.41) is 14.6. The van der Waals surface area contributed by atoms with E-state index >= 15 is 0 Å². The molecule has 10 heteroatoms. The monoisotopic (exact) mass is 417 g/mol. The van der Waals surface area contributed by atoms with Gasteiger partial charge < -0.3 is 24.7 Å². The van der Waals surface area contributed by atoms with Gasteiger partial charge in [-0.1, -0.05) is 0 Å². The second kappa shape index (κ2) is 8.62. The van der Waals surface area contributed by atoms with Crippen molar-refractivity contribution in [3.05, 3.63) is 41.9 Å². The van der Waals surface area contributed by atoms with Gasteiger partial charge in [0.1, 0.15) is 11.4 Å². The van der Waals surface area contributed by atoms with Gasteiger partial charge in [-0.15, -0.1) is 22.6 Å². The molecule has 2 N–H and O–H groups in total. The number of carbonyl (C=O) groups excluding carboxylic acids is 1. The molecule has 1 aliphatic heterocycles. The van der Waals surface area contributed by atoms with Gasteiger partial charge in [0.15, 0.2) is 11.6 Å². The number of anilines is 2. The molecule has 3 aromatic heterocycles. The highest BCUT2D eigenvalue weighted by atomic mass is 35.5. The molecule has 0 bridgehead atoms. The fraction of sp³-hybridized carbons (Fsp3) is 0.368. The SMILES string of the molecule is COc1cc2nc(C)cn2cc1C(=O)Nc1ccc(N2CCNC(C)C2)nn1.Cl. The maximum absolute atomic E-state index is 12.8. The lowest BCUT2D eigenvalue weighted by Gasteiger charge is -2.32. The summed E-state index contributed by atoms with van der Waals surface area (Å²) in [5.41, 5.74) is 1.98. The van der Waals surface area contributed by atoms with Crippen LogP contribution in [0.5, 0.6) is 5.75 Å². The van der Waals surface area contributed by atoms with Crippen LogP contribution in [0.3, 0.4) is 0 Å². The molecule has 29 heavy (non-hydrogen) atoms. The predicted octanol–water partition coefficient (Wildman–Crippen LogP) is 1.91. The predicted molar refractivity (Wildman–Crippen MR) is 113 cm³/mol. The van der Waals surface area contributed by atoms with Crippen LogP contribution in [0.15, 0.2) is 30.6 Å². The summed E-state index contributed by atoms with van der Waals surface area (Å²) >= 11 is 0. The first-order valence-electron chi connectivity index (χ1n) is 9.20. The minimum Gasteiger partial charge on any atom is -0.496 e. The first kappa shape index (κ1) is 20.8. The molecule has 4 rings (SSSR count). The molecule has 154 valence electrons. The number of halogens is 1. The zero-order valence-corrected chi connectivity index (χ0v) is 17.4. The number of fused-ring (bicyclic) bond motifs is 1. The summed E-state index contributed by atoms with van der Waals surface area (Å²) in [6, 6.07) is 5.78. The van der Waals surface area contributed by atoms with E-state index in [0.717, 1.165) is 36.8 Å². The van der Waals surface area contributed by atoms with Crippen LogP contribution in [0.4, 0.5) is 11.6 Å². The molecular weight excluding hydrogens is 394 g/mol. The summed E-state index contributed by atoms with van der Waals surface area (Å²) in [5.74, 6) is 1.33. The van der Waals surface area contributed by atoms with Gasteiger partial charge in [0.05, 0.1) is 18.4 Å². The fourth-order valence-electron chi connectivity index (χ4n) is 3.37. The molecule has 4 heterocycles. The summed E-state index contributed by atoms with van der Waals surface area (Å²) in [6.07, 6.45) is 3.56. The minimum atomic E-state index is -0.317. The fourth-order valence-corrected chi connectivity index (χ4v) is 3.37. The second-order valence-electron chi connectivity index (χ2n) is 6.94. The van der Waals surface area contributed by atoms with E-state index in [2.05, 4.69) is 37.6 Å². The number of imidazole rings is 1. The van der Waals surface area contributed by atoms with Gasteiger partial charge >= 0.3 is 0 Å². The largest absolute Gasteiger partial charge is 0.496 e. The molecule has 0 aliphatic carbocycles. The number of hydrogen-bond donors (Lipinski definition) is 2. The average Bonchev–Trinajstić information content (AvgIpc) is 3.06. The number of hydrogen-bond acceptors (Lipinski definition) is 7. The Labute approximate surface area is 174 Å². The topological polar surface area (TPSA) is 96.7 Å². The van der Waals surface area contributed by atoms with Crippen molar-refractivity contribution in [3.63, 3.8) is 0 Å². The Kier molecular flexibility index (Phi) is 6.19. The Morgan fingerprint density at radius 1 is 1.31 bits per heavy atom. The summed E-state index contributed by atoms with van der Waals surface area (Å²) < 4.78 is 7.17. The average molecular weight is 418 g/mol. The van der Waals surface area contributed by atoms with Crippen molar-refractivity contribution in [2.75, 3.05) is 37.0 Å². The quantitative estimate of drug-likeness (QED) is 0.669. The highest BCUT2D eigenvalue weighted by Crippen LogP contribution is 2.22. The number of rotatable bonds is 4. The van der Waals surface area contributed by atoms with E-state index in [-0.39, 0.29) is 18.3 Å².